The van der Waals surface area contributed by atoms with Gasteiger partial charge in [0.15, 0.2) is 0 Å². The zero-order valence-electron chi connectivity index (χ0n) is 8.38. The third-order valence-electron chi connectivity index (χ3n) is 1.44. The van der Waals surface area contributed by atoms with E-state index < -0.39 is 5.97 Å². The van der Waals surface area contributed by atoms with Crippen LogP contribution in [0.4, 0.5) is 0 Å². The second kappa shape index (κ2) is 9.03. The highest BCUT2D eigenvalue weighted by Gasteiger charge is 1.92. The van der Waals surface area contributed by atoms with Gasteiger partial charge in [0.25, 0.3) is 0 Å². The van der Waals surface area contributed by atoms with Gasteiger partial charge in [0.05, 0.1) is 6.61 Å². The van der Waals surface area contributed by atoms with E-state index in [1.807, 2.05) is 0 Å². The number of esters is 1. The summed E-state index contributed by atoms with van der Waals surface area (Å²) >= 11 is 0. The molecule has 0 aliphatic carbocycles. The van der Waals surface area contributed by atoms with Crippen molar-refractivity contribution in [1.82, 2.24) is 5.43 Å². The van der Waals surface area contributed by atoms with Crippen LogP contribution in [0.5, 0.6) is 0 Å². The Morgan fingerprint density at radius 1 is 1.46 bits per heavy atom. The normalized spacial score (nSPS) is 10.3. The molecule has 0 spiro atoms. The van der Waals surface area contributed by atoms with Crippen molar-refractivity contribution in [2.24, 2.45) is 5.10 Å². The molecule has 4 heteroatoms. The third kappa shape index (κ3) is 8.85. The standard InChI is InChI=1S/C9H18N2O2/c1-3-5-6-7-10-11-8-9(12)13-4-2/h8,10H,3-7H2,1-2H3/b11-8+. The minimum Gasteiger partial charge on any atom is -0.462 e. The van der Waals surface area contributed by atoms with Crippen LogP contribution in [0, 0.1) is 0 Å². The highest BCUT2D eigenvalue weighted by Crippen LogP contribution is 1.90. The lowest BCUT2D eigenvalue weighted by atomic mass is 10.3. The highest BCUT2D eigenvalue weighted by molar-refractivity contribution is 6.23. The Morgan fingerprint density at radius 3 is 2.85 bits per heavy atom. The first-order valence-electron chi connectivity index (χ1n) is 4.74. The van der Waals surface area contributed by atoms with Gasteiger partial charge >= 0.3 is 5.97 Å². The average molecular weight is 186 g/mol. The van der Waals surface area contributed by atoms with E-state index in [9.17, 15) is 4.79 Å². The van der Waals surface area contributed by atoms with Gasteiger partial charge in [-0.05, 0) is 13.3 Å². The molecular weight excluding hydrogens is 168 g/mol. The first-order valence-corrected chi connectivity index (χ1v) is 4.74. The fourth-order valence-corrected chi connectivity index (χ4v) is 0.796. The van der Waals surface area contributed by atoms with E-state index in [0.717, 1.165) is 19.2 Å². The SMILES string of the molecule is CCCCCN/N=C/C(=O)OCC. The monoisotopic (exact) mass is 186 g/mol. The maximum Gasteiger partial charge on any atom is 0.351 e. The molecule has 76 valence electrons. The average Bonchev–Trinajstić information content (AvgIpc) is 2.11. The number of nitrogens with zero attached hydrogens (tertiary/aromatic N) is 1. The third-order valence-corrected chi connectivity index (χ3v) is 1.44. The van der Waals surface area contributed by atoms with Crippen molar-refractivity contribution in [3.05, 3.63) is 0 Å². The largest absolute Gasteiger partial charge is 0.462 e. The summed E-state index contributed by atoms with van der Waals surface area (Å²) in [5.41, 5.74) is 2.78. The maximum absolute atomic E-state index is 10.7. The van der Waals surface area contributed by atoms with Crippen LogP contribution in [-0.2, 0) is 9.53 Å². The zero-order chi connectivity index (χ0) is 9.94. The second-order valence-electron chi connectivity index (χ2n) is 2.63. The number of nitrogens with one attached hydrogen (secondary N) is 1. The molecule has 4 nitrogen and oxygen atoms in total. The van der Waals surface area contributed by atoms with E-state index in [1.165, 1.54) is 12.8 Å². The number of ether oxygens (including phenoxy) is 1. The lowest BCUT2D eigenvalue weighted by Gasteiger charge is -1.98. The van der Waals surface area contributed by atoms with Crippen LogP contribution in [0.15, 0.2) is 5.10 Å². The van der Waals surface area contributed by atoms with Gasteiger partial charge < -0.3 is 10.2 Å². The maximum atomic E-state index is 10.7. The number of carbonyl (C=O) groups excluding carboxylic acids is 1. The molecule has 13 heavy (non-hydrogen) atoms. The van der Waals surface area contributed by atoms with Gasteiger partial charge in [-0.25, -0.2) is 4.79 Å². The summed E-state index contributed by atoms with van der Waals surface area (Å²) in [6.45, 7) is 5.10. The van der Waals surface area contributed by atoms with Crippen LogP contribution in [0.2, 0.25) is 0 Å². The number of rotatable bonds is 7. The molecule has 0 rings (SSSR count). The van der Waals surface area contributed by atoms with Crippen LogP contribution in [0.3, 0.4) is 0 Å². The minimum absolute atomic E-state index is 0.390. The summed E-state index contributed by atoms with van der Waals surface area (Å²) in [6, 6.07) is 0. The number of unbranched alkanes of at least 4 members (excludes halogenated alkanes) is 2. The predicted octanol–water partition coefficient (Wildman–Crippen LogP) is 1.32. The fourth-order valence-electron chi connectivity index (χ4n) is 0.796. The summed E-state index contributed by atoms with van der Waals surface area (Å²) in [4.78, 5) is 10.7. The van der Waals surface area contributed by atoms with E-state index in [1.54, 1.807) is 6.92 Å². The molecule has 1 N–H and O–H groups in total. The summed E-state index contributed by atoms with van der Waals surface area (Å²) in [7, 11) is 0. The van der Waals surface area contributed by atoms with Crippen molar-refractivity contribution in [3.63, 3.8) is 0 Å². The van der Waals surface area contributed by atoms with Crippen LogP contribution < -0.4 is 5.43 Å². The van der Waals surface area contributed by atoms with E-state index in [0.29, 0.717) is 6.61 Å². The van der Waals surface area contributed by atoms with Crippen molar-refractivity contribution in [1.29, 1.82) is 0 Å². The smallest absolute Gasteiger partial charge is 0.351 e. The van der Waals surface area contributed by atoms with Gasteiger partial charge in [0, 0.05) is 6.54 Å². The Bertz CT molecular complexity index is 158. The molecule has 0 unspecified atom stereocenters. The molecule has 0 saturated carbocycles. The summed E-state index contributed by atoms with van der Waals surface area (Å²) in [6.07, 6.45) is 4.61. The lowest BCUT2D eigenvalue weighted by molar-refractivity contribution is -0.134. The lowest BCUT2D eigenvalue weighted by Crippen LogP contribution is -2.12. The van der Waals surface area contributed by atoms with Gasteiger partial charge in [0.2, 0.25) is 0 Å². The van der Waals surface area contributed by atoms with Crippen molar-refractivity contribution in [2.45, 2.75) is 33.1 Å². The Balaban J connectivity index is 3.25. The van der Waals surface area contributed by atoms with Gasteiger partial charge in [-0.1, -0.05) is 19.8 Å². The molecule has 0 aromatic rings. The molecular formula is C9H18N2O2. The number of hydrazone groups is 1. The summed E-state index contributed by atoms with van der Waals surface area (Å²) in [5.74, 6) is -0.398. The van der Waals surface area contributed by atoms with Gasteiger partial charge in [-0.15, -0.1) is 0 Å². The van der Waals surface area contributed by atoms with Crippen LogP contribution >= 0.6 is 0 Å². The molecule has 0 aromatic carbocycles. The number of hydrogen-bond acceptors (Lipinski definition) is 4. The molecule has 0 saturated heterocycles. The molecule has 0 bridgehead atoms. The Labute approximate surface area is 79.3 Å². The van der Waals surface area contributed by atoms with Crippen molar-refractivity contribution >= 4 is 12.2 Å². The molecule has 0 aliphatic rings. The van der Waals surface area contributed by atoms with E-state index in [-0.39, 0.29) is 0 Å². The fraction of sp³-hybridized carbons (Fsp3) is 0.778. The topological polar surface area (TPSA) is 50.7 Å². The summed E-state index contributed by atoms with van der Waals surface area (Å²) < 4.78 is 4.64. The minimum atomic E-state index is -0.398. The van der Waals surface area contributed by atoms with Crippen molar-refractivity contribution in [3.8, 4) is 0 Å². The first-order chi connectivity index (χ1) is 6.31. The molecule has 0 aromatic heterocycles. The van der Waals surface area contributed by atoms with Gasteiger partial charge in [-0.2, -0.15) is 5.10 Å². The van der Waals surface area contributed by atoms with E-state index in [2.05, 4.69) is 22.2 Å². The molecule has 0 amide bonds. The molecule has 0 atom stereocenters. The van der Waals surface area contributed by atoms with Gasteiger partial charge in [-0.3, -0.25) is 0 Å². The van der Waals surface area contributed by atoms with E-state index in [4.69, 9.17) is 0 Å². The highest BCUT2D eigenvalue weighted by atomic mass is 16.5. The van der Waals surface area contributed by atoms with Crippen molar-refractivity contribution in [2.75, 3.05) is 13.2 Å². The first kappa shape index (κ1) is 11.9. The Morgan fingerprint density at radius 2 is 2.23 bits per heavy atom. The molecule has 0 radical (unpaired) electrons. The summed E-state index contributed by atoms with van der Waals surface area (Å²) in [5, 5.41) is 3.71. The molecule has 0 fully saturated rings. The quantitative estimate of drug-likeness (QED) is 0.282. The van der Waals surface area contributed by atoms with Crippen LogP contribution in [0.25, 0.3) is 0 Å². The second-order valence-corrected chi connectivity index (χ2v) is 2.63. The van der Waals surface area contributed by atoms with Crippen LogP contribution in [0.1, 0.15) is 33.1 Å². The van der Waals surface area contributed by atoms with Crippen molar-refractivity contribution < 1.29 is 9.53 Å². The molecule has 0 heterocycles. The van der Waals surface area contributed by atoms with Crippen LogP contribution in [-0.4, -0.2) is 25.3 Å². The molecule has 0 aliphatic heterocycles. The Kier molecular flexibility index (Phi) is 8.30. The predicted molar refractivity (Wildman–Crippen MR) is 52.7 cm³/mol. The zero-order valence-corrected chi connectivity index (χ0v) is 8.38. The Hall–Kier alpha value is -1.06. The number of hydrogen-bond donors (Lipinski definition) is 1. The van der Waals surface area contributed by atoms with E-state index >= 15 is 0 Å². The van der Waals surface area contributed by atoms with Gasteiger partial charge in [0.1, 0.15) is 6.21 Å². The number of carbonyl (C=O) groups is 1.